The lowest BCUT2D eigenvalue weighted by atomic mass is 9.82. The molecule has 0 aromatic heterocycles. The molecule has 1 unspecified atom stereocenters. The summed E-state index contributed by atoms with van der Waals surface area (Å²) in [4.78, 5) is 26.4. The topological polar surface area (TPSA) is 103 Å². The molecule has 1 aliphatic heterocycles. The Morgan fingerprint density at radius 1 is 1.02 bits per heavy atom. The number of dihydropyridines is 1. The lowest BCUT2D eigenvalue weighted by Gasteiger charge is -2.30. The van der Waals surface area contributed by atoms with Gasteiger partial charge in [-0.15, -0.1) is 0 Å². The summed E-state index contributed by atoms with van der Waals surface area (Å²) in [6.45, 7) is 5.65. The van der Waals surface area contributed by atoms with E-state index in [2.05, 4.69) is 22.0 Å². The van der Waals surface area contributed by atoms with Crippen LogP contribution in [0, 0.1) is 31.0 Å². The molecule has 0 saturated heterocycles. The van der Waals surface area contributed by atoms with Gasteiger partial charge in [0.05, 0.1) is 41.1 Å². The molecule has 2 amide bonds. The van der Waals surface area contributed by atoms with Gasteiger partial charge in [-0.1, -0.05) is 48.2 Å². The molecular formula is C31H29FN4O3S. The fourth-order valence-corrected chi connectivity index (χ4v) is 5.33. The number of hydrogen-bond acceptors (Lipinski definition) is 6. The fourth-order valence-electron chi connectivity index (χ4n) is 4.44. The van der Waals surface area contributed by atoms with E-state index in [9.17, 15) is 14.9 Å². The number of ether oxygens (including phenoxy) is 1. The molecule has 0 saturated carbocycles. The van der Waals surface area contributed by atoms with Crippen LogP contribution in [-0.2, 0) is 9.59 Å². The predicted molar refractivity (Wildman–Crippen MR) is 156 cm³/mol. The first-order valence-electron chi connectivity index (χ1n) is 12.5. The highest BCUT2D eigenvalue weighted by Crippen LogP contribution is 2.42. The van der Waals surface area contributed by atoms with Gasteiger partial charge in [0.2, 0.25) is 5.91 Å². The molecular weight excluding hydrogens is 527 g/mol. The summed E-state index contributed by atoms with van der Waals surface area (Å²) in [7, 11) is 1.50. The third-order valence-corrected chi connectivity index (χ3v) is 7.62. The Labute approximate surface area is 237 Å². The van der Waals surface area contributed by atoms with E-state index in [-0.39, 0.29) is 28.4 Å². The van der Waals surface area contributed by atoms with Gasteiger partial charge in [-0.2, -0.15) is 5.26 Å². The highest BCUT2D eigenvalue weighted by molar-refractivity contribution is 8.03. The van der Waals surface area contributed by atoms with E-state index in [1.165, 1.54) is 13.2 Å². The molecule has 3 aromatic rings. The smallest absolute Gasteiger partial charge is 0.254 e. The van der Waals surface area contributed by atoms with E-state index >= 15 is 4.39 Å². The first-order chi connectivity index (χ1) is 19.2. The number of rotatable bonds is 8. The van der Waals surface area contributed by atoms with Gasteiger partial charge in [-0.3, -0.25) is 9.59 Å². The number of nitrogens with one attached hydrogen (secondary N) is 3. The molecule has 9 heteroatoms. The zero-order valence-electron chi connectivity index (χ0n) is 22.6. The van der Waals surface area contributed by atoms with Crippen molar-refractivity contribution in [2.45, 2.75) is 26.7 Å². The monoisotopic (exact) mass is 556 g/mol. The molecule has 1 heterocycles. The van der Waals surface area contributed by atoms with Crippen molar-refractivity contribution in [2.75, 3.05) is 23.5 Å². The number of para-hydroxylation sites is 2. The minimum absolute atomic E-state index is 0.000450. The van der Waals surface area contributed by atoms with Crippen LogP contribution >= 0.6 is 11.8 Å². The van der Waals surface area contributed by atoms with Crippen LogP contribution in [-0.4, -0.2) is 24.7 Å². The number of halogens is 1. The van der Waals surface area contributed by atoms with Crippen LogP contribution in [0.3, 0.4) is 0 Å². The summed E-state index contributed by atoms with van der Waals surface area (Å²) in [6.07, 6.45) is 0. The van der Waals surface area contributed by atoms with Crippen molar-refractivity contribution in [3.63, 3.8) is 0 Å². The third-order valence-electron chi connectivity index (χ3n) is 6.60. The number of benzene rings is 3. The van der Waals surface area contributed by atoms with Crippen molar-refractivity contribution in [1.82, 2.24) is 5.32 Å². The highest BCUT2D eigenvalue weighted by Gasteiger charge is 2.36. The van der Waals surface area contributed by atoms with Crippen LogP contribution < -0.4 is 20.7 Å². The molecule has 0 radical (unpaired) electrons. The summed E-state index contributed by atoms with van der Waals surface area (Å²) in [5.74, 6) is -1.85. The van der Waals surface area contributed by atoms with Crippen molar-refractivity contribution in [1.29, 1.82) is 5.26 Å². The van der Waals surface area contributed by atoms with Crippen LogP contribution in [0.25, 0.3) is 0 Å². The first kappa shape index (κ1) is 28.5. The highest BCUT2D eigenvalue weighted by atomic mass is 32.2. The number of aryl methyl sites for hydroxylation is 2. The van der Waals surface area contributed by atoms with E-state index in [1.807, 2.05) is 32.0 Å². The Kier molecular flexibility index (Phi) is 8.92. The molecule has 0 fully saturated rings. The van der Waals surface area contributed by atoms with Gasteiger partial charge in [-0.05, 0) is 62.2 Å². The molecule has 4 rings (SSSR count). The maximum atomic E-state index is 15.1. The van der Waals surface area contributed by atoms with E-state index in [0.29, 0.717) is 27.9 Å². The minimum atomic E-state index is -0.993. The van der Waals surface area contributed by atoms with Gasteiger partial charge in [0.1, 0.15) is 11.6 Å². The van der Waals surface area contributed by atoms with E-state index in [4.69, 9.17) is 4.74 Å². The molecule has 3 aromatic carbocycles. The second kappa shape index (κ2) is 12.5. The van der Waals surface area contributed by atoms with Crippen molar-refractivity contribution < 1.29 is 18.7 Å². The van der Waals surface area contributed by atoms with Crippen LogP contribution in [0.4, 0.5) is 15.8 Å². The number of nitriles is 1. The van der Waals surface area contributed by atoms with Crippen molar-refractivity contribution in [3.05, 3.63) is 111 Å². The molecule has 3 N–H and O–H groups in total. The van der Waals surface area contributed by atoms with Gasteiger partial charge in [0, 0.05) is 22.5 Å². The molecule has 204 valence electrons. The number of hydrogen-bond donors (Lipinski definition) is 3. The average molecular weight is 557 g/mol. The molecule has 0 aliphatic carbocycles. The summed E-state index contributed by atoms with van der Waals surface area (Å²) in [6, 6.07) is 20.8. The maximum absolute atomic E-state index is 15.1. The molecule has 0 spiro atoms. The van der Waals surface area contributed by atoms with Crippen LogP contribution in [0.2, 0.25) is 0 Å². The zero-order valence-corrected chi connectivity index (χ0v) is 23.4. The summed E-state index contributed by atoms with van der Waals surface area (Å²) >= 11 is 1.12. The molecule has 40 heavy (non-hydrogen) atoms. The summed E-state index contributed by atoms with van der Waals surface area (Å²) in [5.41, 5.74) is 4.25. The molecule has 0 bridgehead atoms. The number of allylic oxidation sites excluding steroid dienone is 2. The van der Waals surface area contributed by atoms with Gasteiger partial charge in [-0.25, -0.2) is 4.39 Å². The minimum Gasteiger partial charge on any atom is -0.495 e. The van der Waals surface area contributed by atoms with Crippen molar-refractivity contribution in [2.24, 2.45) is 0 Å². The fraction of sp³-hybridized carbons (Fsp3) is 0.194. The Morgan fingerprint density at radius 3 is 2.45 bits per heavy atom. The molecule has 7 nitrogen and oxygen atoms in total. The lowest BCUT2D eigenvalue weighted by molar-refractivity contribution is -0.114. The van der Waals surface area contributed by atoms with Crippen LogP contribution in [0.15, 0.2) is 88.6 Å². The van der Waals surface area contributed by atoms with Gasteiger partial charge in [0.15, 0.2) is 0 Å². The van der Waals surface area contributed by atoms with Gasteiger partial charge < -0.3 is 20.7 Å². The Balaban J connectivity index is 1.65. The van der Waals surface area contributed by atoms with Crippen molar-refractivity contribution in [3.8, 4) is 11.8 Å². The Hall–Kier alpha value is -4.55. The summed E-state index contributed by atoms with van der Waals surface area (Å²) in [5, 5.41) is 19.5. The number of carbonyl (C=O) groups is 2. The van der Waals surface area contributed by atoms with Crippen molar-refractivity contribution >= 4 is 35.0 Å². The van der Waals surface area contributed by atoms with Crippen LogP contribution in [0.5, 0.6) is 5.75 Å². The van der Waals surface area contributed by atoms with Gasteiger partial charge in [0.25, 0.3) is 5.91 Å². The maximum Gasteiger partial charge on any atom is 0.254 e. The van der Waals surface area contributed by atoms with E-state index < -0.39 is 17.6 Å². The Bertz CT molecular complexity index is 1570. The number of carbonyl (C=O) groups excluding carboxylic acids is 2. The number of thioether (sulfide) groups is 1. The SMILES string of the molecule is COc1ccccc1NC(=O)C1=C(C)NC(SCC(=O)Nc2ccc(C)c(C)c2)=C(C#N)C1c1ccccc1F. The second-order valence-electron chi connectivity index (χ2n) is 9.26. The summed E-state index contributed by atoms with van der Waals surface area (Å²) < 4.78 is 20.5. The number of amides is 2. The van der Waals surface area contributed by atoms with E-state index in [1.54, 1.807) is 49.4 Å². The third kappa shape index (κ3) is 6.19. The molecule has 1 atom stereocenters. The second-order valence-corrected chi connectivity index (χ2v) is 10.2. The zero-order chi connectivity index (χ0) is 28.8. The Morgan fingerprint density at radius 2 is 1.75 bits per heavy atom. The standard InChI is InChI=1S/C31H29FN4O3S/c1-18-13-14-21(15-19(18)2)35-27(37)17-40-31-23(16-33)29(22-9-5-6-10-24(22)32)28(20(3)34-31)30(38)36-25-11-7-8-12-26(25)39-4/h5-15,29,34H,17H2,1-4H3,(H,35,37)(H,36,38). The quantitative estimate of drug-likeness (QED) is 0.307. The normalized spacial score (nSPS) is 14.8. The molecule has 1 aliphatic rings. The largest absolute Gasteiger partial charge is 0.495 e. The van der Waals surface area contributed by atoms with Gasteiger partial charge >= 0.3 is 0 Å². The van der Waals surface area contributed by atoms with Crippen LogP contribution in [0.1, 0.15) is 29.5 Å². The van der Waals surface area contributed by atoms with E-state index in [0.717, 1.165) is 22.9 Å². The average Bonchev–Trinajstić information content (AvgIpc) is 2.94. The number of nitrogens with zero attached hydrogens (tertiary/aromatic N) is 1. The predicted octanol–water partition coefficient (Wildman–Crippen LogP) is 6.16. The number of methoxy groups -OCH3 is 1. The lowest BCUT2D eigenvalue weighted by Crippen LogP contribution is -2.31. The first-order valence-corrected chi connectivity index (χ1v) is 13.5. The number of anilines is 2.